The summed E-state index contributed by atoms with van der Waals surface area (Å²) in [7, 11) is 3.69. The molecule has 1 aromatic carbocycles. The Morgan fingerprint density at radius 3 is 2.55 bits per heavy atom. The fourth-order valence-electron chi connectivity index (χ4n) is 4.74. The first kappa shape index (κ1) is 21.3. The summed E-state index contributed by atoms with van der Waals surface area (Å²) >= 11 is 0. The van der Waals surface area contributed by atoms with Crippen LogP contribution in [0.2, 0.25) is 0 Å². The van der Waals surface area contributed by atoms with Crippen molar-refractivity contribution in [3.8, 4) is 17.0 Å². The largest absolute Gasteiger partial charge is 0.507 e. The van der Waals surface area contributed by atoms with Gasteiger partial charge in [-0.3, -0.25) is 4.79 Å². The van der Waals surface area contributed by atoms with Crippen LogP contribution < -0.4 is 15.5 Å². The predicted molar refractivity (Wildman–Crippen MR) is 123 cm³/mol. The normalized spacial score (nSPS) is 23.3. The number of nitrogens with one attached hydrogen (secondary N) is 2. The summed E-state index contributed by atoms with van der Waals surface area (Å²) in [5.74, 6) is 0.793. The van der Waals surface area contributed by atoms with E-state index < -0.39 is 0 Å². The van der Waals surface area contributed by atoms with E-state index in [9.17, 15) is 9.90 Å². The second-order valence-electron chi connectivity index (χ2n) is 8.68. The van der Waals surface area contributed by atoms with E-state index in [1.807, 2.05) is 31.2 Å². The lowest BCUT2D eigenvalue weighted by Gasteiger charge is -2.43. The molecule has 2 bridgehead atoms. The van der Waals surface area contributed by atoms with Crippen LogP contribution in [0.5, 0.6) is 5.75 Å². The predicted octanol–water partition coefficient (Wildman–Crippen LogP) is 3.11. The van der Waals surface area contributed by atoms with Crippen LogP contribution in [-0.2, 0) is 4.79 Å². The summed E-state index contributed by atoms with van der Waals surface area (Å²) in [5.41, 5.74) is 2.80. The number of benzene rings is 1. The molecule has 2 aliphatic heterocycles. The van der Waals surface area contributed by atoms with Gasteiger partial charge in [0.2, 0.25) is 5.91 Å². The summed E-state index contributed by atoms with van der Waals surface area (Å²) in [6.07, 6.45) is 7.64. The van der Waals surface area contributed by atoms with Crippen LogP contribution >= 0.6 is 0 Å². The Labute approximate surface area is 183 Å². The Bertz CT molecular complexity index is 960. The third-order valence-corrected chi connectivity index (χ3v) is 6.57. The van der Waals surface area contributed by atoms with E-state index in [-0.39, 0.29) is 11.7 Å². The molecule has 3 heterocycles. The zero-order valence-electron chi connectivity index (χ0n) is 18.4. The third kappa shape index (κ3) is 4.71. The van der Waals surface area contributed by atoms with Gasteiger partial charge in [0.25, 0.3) is 0 Å². The lowest BCUT2D eigenvalue weighted by Crippen LogP contribution is -2.54. The number of aromatic hydroxyl groups is 1. The Morgan fingerprint density at radius 2 is 1.94 bits per heavy atom. The highest BCUT2D eigenvalue weighted by atomic mass is 16.3. The molecular formula is C24H31N5O2. The highest BCUT2D eigenvalue weighted by molar-refractivity contribution is 5.94. The van der Waals surface area contributed by atoms with Crippen molar-refractivity contribution in [3.05, 3.63) is 42.0 Å². The molecule has 0 aliphatic carbocycles. The molecule has 2 unspecified atom stereocenters. The molecule has 2 fully saturated rings. The highest BCUT2D eigenvalue weighted by Crippen LogP contribution is 2.32. The molecule has 0 radical (unpaired) electrons. The molecule has 2 atom stereocenters. The van der Waals surface area contributed by atoms with E-state index in [0.717, 1.165) is 29.8 Å². The van der Waals surface area contributed by atoms with Gasteiger partial charge in [-0.1, -0.05) is 12.5 Å². The first-order chi connectivity index (χ1) is 14.9. The van der Waals surface area contributed by atoms with Crippen molar-refractivity contribution in [1.82, 2.24) is 20.8 Å². The third-order valence-electron chi connectivity index (χ3n) is 6.57. The SMILES string of the molecule is CNC(=O)/C=C(\C)c1ccc(-c2ccc(N(C)C3CC4CCCC(C3)N4)nn2)c(O)c1. The van der Waals surface area contributed by atoms with Crippen molar-refractivity contribution in [2.45, 2.75) is 57.2 Å². The summed E-state index contributed by atoms with van der Waals surface area (Å²) in [6.45, 7) is 1.84. The van der Waals surface area contributed by atoms with E-state index in [1.165, 1.54) is 25.3 Å². The number of nitrogens with zero attached hydrogens (tertiary/aromatic N) is 3. The number of hydrogen-bond acceptors (Lipinski definition) is 6. The van der Waals surface area contributed by atoms with Crippen LogP contribution in [-0.4, -0.2) is 53.4 Å². The smallest absolute Gasteiger partial charge is 0.244 e. The van der Waals surface area contributed by atoms with Gasteiger partial charge >= 0.3 is 0 Å². The minimum atomic E-state index is -0.177. The van der Waals surface area contributed by atoms with E-state index in [0.29, 0.717) is 29.4 Å². The van der Waals surface area contributed by atoms with Crippen LogP contribution in [0.1, 0.15) is 44.6 Å². The molecule has 7 heteroatoms. The molecule has 0 saturated carbocycles. The lowest BCUT2D eigenvalue weighted by atomic mass is 9.83. The Balaban J connectivity index is 1.49. The first-order valence-electron chi connectivity index (χ1n) is 11.0. The number of anilines is 1. The van der Waals surface area contributed by atoms with Gasteiger partial charge < -0.3 is 20.6 Å². The van der Waals surface area contributed by atoms with Gasteiger partial charge in [-0.15, -0.1) is 10.2 Å². The quantitative estimate of drug-likeness (QED) is 0.643. The lowest BCUT2D eigenvalue weighted by molar-refractivity contribution is -0.116. The second-order valence-corrected chi connectivity index (χ2v) is 8.68. The van der Waals surface area contributed by atoms with E-state index in [1.54, 1.807) is 13.1 Å². The molecule has 0 spiro atoms. The fraction of sp³-hybridized carbons (Fsp3) is 0.458. The number of hydrogen-bond donors (Lipinski definition) is 3. The van der Waals surface area contributed by atoms with Crippen LogP contribution in [0, 0.1) is 0 Å². The molecule has 164 valence electrons. The van der Waals surface area contributed by atoms with E-state index in [4.69, 9.17) is 0 Å². The Kier molecular flexibility index (Phi) is 6.23. The summed E-state index contributed by atoms with van der Waals surface area (Å²) < 4.78 is 0. The number of carbonyl (C=O) groups excluding carboxylic acids is 1. The Morgan fingerprint density at radius 1 is 1.19 bits per heavy atom. The standard InChI is InChI=1S/C24H31N5O2/c1-15(11-24(31)25-2)16-7-8-20(22(30)12-16)21-9-10-23(28-27-21)29(3)19-13-17-5-4-6-18(14-19)26-17/h7-12,17-19,26,30H,4-6,13-14H2,1-3H3,(H,25,31)/b15-11+. The minimum absolute atomic E-state index is 0.115. The Hall–Kier alpha value is -2.93. The van der Waals surface area contributed by atoms with Gasteiger partial charge in [0.1, 0.15) is 5.75 Å². The van der Waals surface area contributed by atoms with Crippen LogP contribution in [0.3, 0.4) is 0 Å². The molecule has 2 aliphatic rings. The average molecular weight is 422 g/mol. The fourth-order valence-corrected chi connectivity index (χ4v) is 4.74. The van der Waals surface area contributed by atoms with Crippen LogP contribution in [0.15, 0.2) is 36.4 Å². The maximum atomic E-state index is 11.6. The molecule has 2 aromatic rings. The molecule has 31 heavy (non-hydrogen) atoms. The number of allylic oxidation sites excluding steroid dienone is 1. The molecular weight excluding hydrogens is 390 g/mol. The number of aromatic nitrogens is 2. The van der Waals surface area contributed by atoms with Crippen LogP contribution in [0.4, 0.5) is 5.82 Å². The van der Waals surface area contributed by atoms with Gasteiger partial charge in [0.15, 0.2) is 5.82 Å². The molecule has 1 aromatic heterocycles. The summed E-state index contributed by atoms with van der Waals surface area (Å²) in [6, 6.07) is 10.9. The van der Waals surface area contributed by atoms with Crippen molar-refractivity contribution in [3.63, 3.8) is 0 Å². The number of amides is 1. The maximum absolute atomic E-state index is 11.6. The number of rotatable bonds is 5. The van der Waals surface area contributed by atoms with Crippen LogP contribution in [0.25, 0.3) is 16.8 Å². The average Bonchev–Trinajstić information content (AvgIpc) is 2.78. The van der Waals surface area contributed by atoms with Crippen molar-refractivity contribution < 1.29 is 9.90 Å². The minimum Gasteiger partial charge on any atom is -0.507 e. The maximum Gasteiger partial charge on any atom is 0.244 e. The number of carbonyl (C=O) groups is 1. The van der Waals surface area contributed by atoms with Gasteiger partial charge in [0, 0.05) is 43.9 Å². The molecule has 7 nitrogen and oxygen atoms in total. The van der Waals surface area contributed by atoms with Gasteiger partial charge in [-0.2, -0.15) is 0 Å². The summed E-state index contributed by atoms with van der Waals surface area (Å²) in [4.78, 5) is 13.8. The molecule has 2 saturated heterocycles. The number of piperidine rings is 2. The van der Waals surface area contributed by atoms with E-state index >= 15 is 0 Å². The van der Waals surface area contributed by atoms with Crippen molar-refractivity contribution >= 4 is 17.3 Å². The zero-order valence-corrected chi connectivity index (χ0v) is 18.4. The number of fused-ring (bicyclic) bond motifs is 2. The molecule has 4 rings (SSSR count). The first-order valence-corrected chi connectivity index (χ1v) is 11.0. The monoisotopic (exact) mass is 421 g/mol. The topological polar surface area (TPSA) is 90.4 Å². The van der Waals surface area contributed by atoms with E-state index in [2.05, 4.69) is 32.8 Å². The molecule has 1 amide bonds. The second kappa shape index (κ2) is 9.06. The number of phenolic OH excluding ortho intramolecular Hbond substituents is 1. The van der Waals surface area contributed by atoms with Crippen molar-refractivity contribution in [2.75, 3.05) is 19.0 Å². The van der Waals surface area contributed by atoms with Crippen molar-refractivity contribution in [1.29, 1.82) is 0 Å². The zero-order chi connectivity index (χ0) is 22.0. The van der Waals surface area contributed by atoms with Crippen molar-refractivity contribution in [2.24, 2.45) is 0 Å². The van der Waals surface area contributed by atoms with Gasteiger partial charge in [-0.25, -0.2) is 0 Å². The van der Waals surface area contributed by atoms with Gasteiger partial charge in [0.05, 0.1) is 5.69 Å². The van der Waals surface area contributed by atoms with Gasteiger partial charge in [-0.05, 0) is 68.0 Å². The number of likely N-dealkylation sites (N-methyl/N-ethyl adjacent to an activating group) is 1. The number of phenols is 1. The molecule has 3 N–H and O–H groups in total. The summed E-state index contributed by atoms with van der Waals surface area (Å²) in [5, 5.41) is 25.7. The highest BCUT2D eigenvalue weighted by Gasteiger charge is 2.33.